The first-order valence-corrected chi connectivity index (χ1v) is 5.36. The summed E-state index contributed by atoms with van der Waals surface area (Å²) in [5.74, 6) is 1.04. The molecule has 2 aromatic heterocycles. The quantitative estimate of drug-likeness (QED) is 0.751. The Labute approximate surface area is 93.7 Å². The van der Waals surface area contributed by atoms with Crippen molar-refractivity contribution >= 4 is 5.82 Å². The predicted octanol–water partition coefficient (Wildman–Crippen LogP) is 1.04. The van der Waals surface area contributed by atoms with Crippen molar-refractivity contribution in [3.63, 3.8) is 0 Å². The topological polar surface area (TPSA) is 46.8 Å². The highest BCUT2D eigenvalue weighted by Crippen LogP contribution is 2.25. The molecule has 5 nitrogen and oxygen atoms in total. The van der Waals surface area contributed by atoms with Crippen molar-refractivity contribution in [1.29, 1.82) is 0 Å². The lowest BCUT2D eigenvalue weighted by atomic mass is 10.1. The lowest BCUT2D eigenvalue weighted by Gasteiger charge is -2.39. The van der Waals surface area contributed by atoms with Gasteiger partial charge in [-0.2, -0.15) is 0 Å². The van der Waals surface area contributed by atoms with Crippen LogP contribution < -0.4 is 4.90 Å². The van der Waals surface area contributed by atoms with Gasteiger partial charge in [-0.05, 0) is 18.6 Å². The van der Waals surface area contributed by atoms with Gasteiger partial charge in [0.1, 0.15) is 5.82 Å². The molecule has 2 aromatic rings. The lowest BCUT2D eigenvalue weighted by Crippen LogP contribution is -2.48. The molecule has 0 spiro atoms. The number of pyridine rings is 1. The highest BCUT2D eigenvalue weighted by molar-refractivity contribution is 5.42. The fourth-order valence-corrected chi connectivity index (χ4v) is 1.87. The largest absolute Gasteiger partial charge is 0.352 e. The van der Waals surface area contributed by atoms with E-state index >= 15 is 0 Å². The molecule has 0 aliphatic carbocycles. The lowest BCUT2D eigenvalue weighted by molar-refractivity contribution is 0.359. The van der Waals surface area contributed by atoms with Crippen molar-refractivity contribution in [2.75, 3.05) is 18.0 Å². The van der Waals surface area contributed by atoms with Crippen molar-refractivity contribution in [2.24, 2.45) is 0 Å². The minimum Gasteiger partial charge on any atom is -0.352 e. The van der Waals surface area contributed by atoms with Gasteiger partial charge in [0.05, 0.1) is 12.2 Å². The number of anilines is 1. The molecule has 3 heterocycles. The van der Waals surface area contributed by atoms with Crippen LogP contribution in [0.3, 0.4) is 0 Å². The average Bonchev–Trinajstić information content (AvgIpc) is 2.72. The Morgan fingerprint density at radius 3 is 2.81 bits per heavy atom. The van der Waals surface area contributed by atoms with E-state index in [4.69, 9.17) is 0 Å². The van der Waals surface area contributed by atoms with E-state index in [2.05, 4.69) is 32.3 Å². The zero-order chi connectivity index (χ0) is 11.0. The minimum absolute atomic E-state index is 0.436. The summed E-state index contributed by atoms with van der Waals surface area (Å²) >= 11 is 0. The van der Waals surface area contributed by atoms with E-state index in [-0.39, 0.29) is 0 Å². The predicted molar refractivity (Wildman–Crippen MR) is 60.2 cm³/mol. The molecule has 0 unspecified atom stereocenters. The highest BCUT2D eigenvalue weighted by Gasteiger charge is 2.29. The molecule has 3 rings (SSSR count). The van der Waals surface area contributed by atoms with Crippen molar-refractivity contribution in [3.05, 3.63) is 36.3 Å². The van der Waals surface area contributed by atoms with Crippen LogP contribution in [-0.2, 0) is 0 Å². The van der Waals surface area contributed by atoms with Crippen molar-refractivity contribution in [2.45, 2.75) is 13.0 Å². The van der Waals surface area contributed by atoms with Gasteiger partial charge in [0, 0.05) is 25.5 Å². The first-order valence-electron chi connectivity index (χ1n) is 5.36. The number of hydrogen-bond acceptors (Lipinski definition) is 4. The van der Waals surface area contributed by atoms with Crippen LogP contribution in [-0.4, -0.2) is 33.1 Å². The molecule has 1 saturated heterocycles. The second-order valence-electron chi connectivity index (χ2n) is 4.14. The Morgan fingerprint density at radius 1 is 1.31 bits per heavy atom. The second-order valence-corrected chi connectivity index (χ2v) is 4.14. The molecular formula is C11H13N5. The molecule has 0 bridgehead atoms. The van der Waals surface area contributed by atoms with Gasteiger partial charge in [-0.3, -0.25) is 0 Å². The Bertz CT molecular complexity index is 456. The van der Waals surface area contributed by atoms with Gasteiger partial charge >= 0.3 is 0 Å². The van der Waals surface area contributed by atoms with Crippen molar-refractivity contribution in [1.82, 2.24) is 20.0 Å². The first kappa shape index (κ1) is 9.33. The molecule has 1 fully saturated rings. The number of hydrogen-bond donors (Lipinski definition) is 0. The molecule has 16 heavy (non-hydrogen) atoms. The Kier molecular flexibility index (Phi) is 2.09. The zero-order valence-electron chi connectivity index (χ0n) is 9.11. The van der Waals surface area contributed by atoms with Gasteiger partial charge in [0.25, 0.3) is 0 Å². The second kappa shape index (κ2) is 3.59. The summed E-state index contributed by atoms with van der Waals surface area (Å²) < 4.78 is 1.91. The SMILES string of the molecule is Cc1ccc(N2CC(n3ccnn3)C2)nc1. The third kappa shape index (κ3) is 1.54. The molecule has 1 aliphatic rings. The fourth-order valence-electron chi connectivity index (χ4n) is 1.87. The van der Waals surface area contributed by atoms with Gasteiger partial charge < -0.3 is 4.90 Å². The molecule has 1 aliphatic heterocycles. The monoisotopic (exact) mass is 215 g/mol. The van der Waals surface area contributed by atoms with Crippen LogP contribution in [0.25, 0.3) is 0 Å². The van der Waals surface area contributed by atoms with E-state index < -0.39 is 0 Å². The van der Waals surface area contributed by atoms with Gasteiger partial charge in [-0.25, -0.2) is 9.67 Å². The van der Waals surface area contributed by atoms with Crippen LogP contribution in [0.5, 0.6) is 0 Å². The normalized spacial score (nSPS) is 16.2. The average molecular weight is 215 g/mol. The van der Waals surface area contributed by atoms with E-state index in [9.17, 15) is 0 Å². The molecule has 82 valence electrons. The molecular weight excluding hydrogens is 202 g/mol. The van der Waals surface area contributed by atoms with E-state index in [1.807, 2.05) is 24.0 Å². The van der Waals surface area contributed by atoms with Crippen LogP contribution in [0.15, 0.2) is 30.7 Å². The smallest absolute Gasteiger partial charge is 0.128 e. The molecule has 0 aromatic carbocycles. The van der Waals surface area contributed by atoms with Crippen LogP contribution in [0.1, 0.15) is 11.6 Å². The maximum absolute atomic E-state index is 4.40. The number of rotatable bonds is 2. The highest BCUT2D eigenvalue weighted by atomic mass is 15.5. The van der Waals surface area contributed by atoms with Gasteiger partial charge in [0.15, 0.2) is 0 Å². The van der Waals surface area contributed by atoms with Crippen LogP contribution in [0.4, 0.5) is 5.82 Å². The Hall–Kier alpha value is -1.91. The standard InChI is InChI=1S/C11H13N5/c1-9-2-3-11(12-6-9)15-7-10(8-15)16-5-4-13-14-16/h2-6,10H,7-8H2,1H3. The molecule has 5 heteroatoms. The third-order valence-corrected chi connectivity index (χ3v) is 2.90. The van der Waals surface area contributed by atoms with Gasteiger partial charge in [-0.15, -0.1) is 5.10 Å². The zero-order valence-corrected chi connectivity index (χ0v) is 9.11. The van der Waals surface area contributed by atoms with Crippen LogP contribution in [0, 0.1) is 6.92 Å². The summed E-state index contributed by atoms with van der Waals surface area (Å²) in [4.78, 5) is 6.64. The van der Waals surface area contributed by atoms with Crippen LogP contribution in [0.2, 0.25) is 0 Å². The van der Waals surface area contributed by atoms with Crippen LogP contribution >= 0.6 is 0 Å². The molecule has 0 amide bonds. The van der Waals surface area contributed by atoms with E-state index in [0.29, 0.717) is 6.04 Å². The maximum atomic E-state index is 4.40. The third-order valence-electron chi connectivity index (χ3n) is 2.90. The number of nitrogens with zero attached hydrogens (tertiary/aromatic N) is 5. The van der Waals surface area contributed by atoms with E-state index in [1.54, 1.807) is 6.20 Å². The molecule has 0 radical (unpaired) electrons. The van der Waals surface area contributed by atoms with E-state index in [1.165, 1.54) is 5.56 Å². The first-order chi connectivity index (χ1) is 7.83. The summed E-state index contributed by atoms with van der Waals surface area (Å²) in [7, 11) is 0. The Morgan fingerprint density at radius 2 is 2.19 bits per heavy atom. The van der Waals surface area contributed by atoms with E-state index in [0.717, 1.165) is 18.9 Å². The summed E-state index contributed by atoms with van der Waals surface area (Å²) in [5, 5.41) is 7.81. The number of aromatic nitrogens is 4. The van der Waals surface area contributed by atoms with Crippen molar-refractivity contribution < 1.29 is 0 Å². The summed E-state index contributed by atoms with van der Waals surface area (Å²) in [6.07, 6.45) is 5.52. The molecule has 0 atom stereocenters. The maximum Gasteiger partial charge on any atom is 0.128 e. The number of aryl methyl sites for hydroxylation is 1. The Balaban J connectivity index is 1.67. The molecule has 0 saturated carbocycles. The van der Waals surface area contributed by atoms with Crippen molar-refractivity contribution in [3.8, 4) is 0 Å². The fraction of sp³-hybridized carbons (Fsp3) is 0.364. The summed E-state index contributed by atoms with van der Waals surface area (Å²) in [6.45, 7) is 3.96. The molecule has 0 N–H and O–H groups in total. The van der Waals surface area contributed by atoms with Gasteiger partial charge in [-0.1, -0.05) is 11.3 Å². The van der Waals surface area contributed by atoms with Gasteiger partial charge in [0.2, 0.25) is 0 Å². The summed E-state index contributed by atoms with van der Waals surface area (Å²) in [5.41, 5.74) is 1.19. The minimum atomic E-state index is 0.436. The summed E-state index contributed by atoms with van der Waals surface area (Å²) in [6, 6.07) is 4.59.